The second-order valence-corrected chi connectivity index (χ2v) is 6.41. The molecule has 2 aromatic rings. The largest absolute Gasteiger partial charge is 0.379 e. The minimum Gasteiger partial charge on any atom is -0.379 e. The van der Waals surface area contributed by atoms with Gasteiger partial charge >= 0.3 is 0 Å². The summed E-state index contributed by atoms with van der Waals surface area (Å²) in [6, 6.07) is 5.85. The van der Waals surface area contributed by atoms with Crippen LogP contribution >= 0.6 is 43.5 Å². The van der Waals surface area contributed by atoms with Gasteiger partial charge in [-0.15, -0.1) is 0 Å². The highest BCUT2D eigenvalue weighted by atomic mass is 79.9. The predicted molar refractivity (Wildman–Crippen MR) is 91.5 cm³/mol. The lowest BCUT2D eigenvalue weighted by Gasteiger charge is -2.09. The molecule has 0 atom stereocenters. The zero-order valence-corrected chi connectivity index (χ0v) is 15.3. The van der Waals surface area contributed by atoms with Gasteiger partial charge in [-0.25, -0.2) is 0 Å². The van der Waals surface area contributed by atoms with Crippen molar-refractivity contribution in [1.82, 2.24) is 9.78 Å². The molecule has 1 heterocycles. The summed E-state index contributed by atoms with van der Waals surface area (Å²) in [6.45, 7) is 5.77. The van der Waals surface area contributed by atoms with E-state index in [4.69, 9.17) is 11.6 Å². The van der Waals surface area contributed by atoms with Crippen molar-refractivity contribution >= 4 is 49.1 Å². The molecule has 0 fully saturated rings. The van der Waals surface area contributed by atoms with E-state index in [1.54, 1.807) is 0 Å². The van der Waals surface area contributed by atoms with E-state index in [1.165, 1.54) is 0 Å². The number of benzene rings is 1. The summed E-state index contributed by atoms with van der Waals surface area (Å²) >= 11 is 13.1. The van der Waals surface area contributed by atoms with Gasteiger partial charge in [0.1, 0.15) is 0 Å². The van der Waals surface area contributed by atoms with E-state index in [0.29, 0.717) is 11.6 Å². The van der Waals surface area contributed by atoms with E-state index in [0.717, 1.165) is 39.0 Å². The Hall–Kier alpha value is -0.520. The summed E-state index contributed by atoms with van der Waals surface area (Å²) in [5.41, 5.74) is 3.24. The summed E-state index contributed by atoms with van der Waals surface area (Å²) < 4.78 is 4.02. The minimum atomic E-state index is 0.701. The molecule has 108 valence electrons. The summed E-state index contributed by atoms with van der Waals surface area (Å²) in [5, 5.41) is 8.67. The van der Waals surface area contributed by atoms with Crippen LogP contribution in [0.1, 0.15) is 25.2 Å². The Bertz CT molecular complexity index is 611. The van der Waals surface area contributed by atoms with Gasteiger partial charge in [0.2, 0.25) is 0 Å². The molecule has 0 saturated carbocycles. The quantitative estimate of drug-likeness (QED) is 0.714. The van der Waals surface area contributed by atoms with Crippen molar-refractivity contribution in [1.29, 1.82) is 0 Å². The maximum Gasteiger partial charge on any atom is 0.0767 e. The molecular formula is C14H16Br2ClN3. The normalized spacial score (nSPS) is 10.8. The van der Waals surface area contributed by atoms with Crippen molar-refractivity contribution in [2.24, 2.45) is 0 Å². The molecule has 3 nitrogen and oxygen atoms in total. The molecule has 0 aliphatic heterocycles. The highest BCUT2D eigenvalue weighted by Crippen LogP contribution is 2.27. The van der Waals surface area contributed by atoms with Gasteiger partial charge in [0.25, 0.3) is 0 Å². The lowest BCUT2D eigenvalue weighted by atomic mass is 10.3. The van der Waals surface area contributed by atoms with Crippen LogP contribution in [-0.2, 0) is 19.5 Å². The fourth-order valence-electron chi connectivity index (χ4n) is 1.98. The fraction of sp³-hybridized carbons (Fsp3) is 0.357. The van der Waals surface area contributed by atoms with E-state index in [2.05, 4.69) is 56.1 Å². The maximum absolute atomic E-state index is 6.10. The smallest absolute Gasteiger partial charge is 0.0767 e. The first-order chi connectivity index (χ1) is 9.56. The average molecular weight is 422 g/mol. The molecule has 0 bridgehead atoms. The van der Waals surface area contributed by atoms with Crippen molar-refractivity contribution in [3.63, 3.8) is 0 Å². The number of hydrogen-bond donors (Lipinski definition) is 1. The third-order valence-electron chi connectivity index (χ3n) is 3.07. The third kappa shape index (κ3) is 3.38. The van der Waals surface area contributed by atoms with E-state index >= 15 is 0 Å². The van der Waals surface area contributed by atoms with Gasteiger partial charge in [0, 0.05) is 16.7 Å². The maximum atomic E-state index is 6.10. The molecule has 6 heteroatoms. The zero-order chi connectivity index (χ0) is 14.7. The number of aromatic nitrogens is 2. The Morgan fingerprint density at radius 3 is 2.65 bits per heavy atom. The van der Waals surface area contributed by atoms with Crippen LogP contribution in [0, 0.1) is 0 Å². The lowest BCUT2D eigenvalue weighted by molar-refractivity contribution is 0.619. The molecule has 1 aromatic carbocycles. The van der Waals surface area contributed by atoms with Crippen LogP contribution in [-0.4, -0.2) is 9.78 Å². The van der Waals surface area contributed by atoms with E-state index in [-0.39, 0.29) is 0 Å². The average Bonchev–Trinajstić information content (AvgIpc) is 2.76. The van der Waals surface area contributed by atoms with Crippen LogP contribution in [0.15, 0.2) is 27.1 Å². The van der Waals surface area contributed by atoms with Crippen LogP contribution in [0.4, 0.5) is 5.69 Å². The van der Waals surface area contributed by atoms with Crippen LogP contribution in [0.3, 0.4) is 0 Å². The van der Waals surface area contributed by atoms with Gasteiger partial charge in [-0.05, 0) is 63.4 Å². The molecule has 0 saturated heterocycles. The molecule has 0 unspecified atom stereocenters. The molecule has 0 amide bonds. The van der Waals surface area contributed by atoms with Crippen molar-refractivity contribution in [2.75, 3.05) is 5.32 Å². The Labute approximate surface area is 141 Å². The first kappa shape index (κ1) is 15.9. The second kappa shape index (κ2) is 6.96. The number of nitrogens with zero attached hydrogens (tertiary/aromatic N) is 2. The predicted octanol–water partition coefficient (Wildman–Crippen LogP) is 5.26. The Balaban J connectivity index is 2.17. The molecule has 1 aromatic heterocycles. The Kier molecular flexibility index (Phi) is 5.52. The molecule has 2 rings (SSSR count). The van der Waals surface area contributed by atoms with Crippen LogP contribution < -0.4 is 5.32 Å². The first-order valence-corrected chi connectivity index (χ1v) is 8.46. The van der Waals surface area contributed by atoms with E-state index in [9.17, 15) is 0 Å². The van der Waals surface area contributed by atoms with Crippen molar-refractivity contribution in [3.05, 3.63) is 43.6 Å². The second-order valence-electron chi connectivity index (χ2n) is 4.36. The van der Waals surface area contributed by atoms with Crippen molar-refractivity contribution in [2.45, 2.75) is 33.4 Å². The number of hydrogen-bond acceptors (Lipinski definition) is 2. The van der Waals surface area contributed by atoms with E-state index < -0.39 is 0 Å². The highest BCUT2D eigenvalue weighted by molar-refractivity contribution is 9.10. The molecule has 0 aliphatic carbocycles. The molecule has 0 radical (unpaired) electrons. The van der Waals surface area contributed by atoms with Crippen LogP contribution in [0.25, 0.3) is 0 Å². The monoisotopic (exact) mass is 419 g/mol. The van der Waals surface area contributed by atoms with Gasteiger partial charge in [-0.2, -0.15) is 5.10 Å². The SMILES string of the molecule is CCc1nn(CC)c(CNc2ccc(Br)c(Cl)c2)c1Br. The standard InChI is InChI=1S/C14H16Br2ClN3/c1-3-12-14(16)13(20(4-2)19-12)8-18-9-5-6-10(15)11(17)7-9/h5-7,18H,3-4,8H2,1-2H3. The van der Waals surface area contributed by atoms with Gasteiger partial charge in [0.05, 0.1) is 27.4 Å². The van der Waals surface area contributed by atoms with Crippen molar-refractivity contribution in [3.8, 4) is 0 Å². The Morgan fingerprint density at radius 2 is 2.05 bits per heavy atom. The van der Waals surface area contributed by atoms with E-state index in [1.807, 2.05) is 22.9 Å². The Morgan fingerprint density at radius 1 is 1.30 bits per heavy atom. The highest BCUT2D eigenvalue weighted by Gasteiger charge is 2.13. The third-order valence-corrected chi connectivity index (χ3v) is 5.22. The summed E-state index contributed by atoms with van der Waals surface area (Å²) in [6.07, 6.45) is 0.921. The number of aryl methyl sites for hydroxylation is 2. The number of halogens is 3. The number of nitrogens with one attached hydrogen (secondary N) is 1. The van der Waals surface area contributed by atoms with Gasteiger partial charge in [-0.1, -0.05) is 18.5 Å². The van der Waals surface area contributed by atoms with Crippen LogP contribution in [0.5, 0.6) is 0 Å². The minimum absolute atomic E-state index is 0.701. The van der Waals surface area contributed by atoms with Gasteiger partial charge in [-0.3, -0.25) is 4.68 Å². The lowest BCUT2D eigenvalue weighted by Crippen LogP contribution is -2.08. The number of rotatable bonds is 5. The van der Waals surface area contributed by atoms with Crippen LogP contribution in [0.2, 0.25) is 5.02 Å². The van der Waals surface area contributed by atoms with Gasteiger partial charge < -0.3 is 5.32 Å². The molecule has 0 aliphatic rings. The molecule has 0 spiro atoms. The summed E-state index contributed by atoms with van der Waals surface area (Å²) in [5.74, 6) is 0. The van der Waals surface area contributed by atoms with Crippen molar-refractivity contribution < 1.29 is 0 Å². The summed E-state index contributed by atoms with van der Waals surface area (Å²) in [7, 11) is 0. The summed E-state index contributed by atoms with van der Waals surface area (Å²) in [4.78, 5) is 0. The number of anilines is 1. The molecular weight excluding hydrogens is 405 g/mol. The molecule has 1 N–H and O–H groups in total. The zero-order valence-electron chi connectivity index (χ0n) is 11.4. The topological polar surface area (TPSA) is 29.9 Å². The van der Waals surface area contributed by atoms with Gasteiger partial charge in [0.15, 0.2) is 0 Å². The first-order valence-electron chi connectivity index (χ1n) is 6.49. The molecule has 20 heavy (non-hydrogen) atoms. The fourth-order valence-corrected chi connectivity index (χ4v) is 3.11.